The van der Waals surface area contributed by atoms with Crippen molar-refractivity contribution in [2.45, 2.75) is 64.7 Å². The van der Waals surface area contributed by atoms with Gasteiger partial charge < -0.3 is 19.9 Å². The Balaban J connectivity index is 1.18. The Morgan fingerprint density at radius 1 is 0.974 bits per heavy atom. The number of benzene rings is 1. The van der Waals surface area contributed by atoms with Gasteiger partial charge in [-0.25, -0.2) is 5.43 Å². The highest BCUT2D eigenvalue weighted by Crippen LogP contribution is 2.61. The van der Waals surface area contributed by atoms with Crippen molar-refractivity contribution in [1.29, 1.82) is 0 Å². The van der Waals surface area contributed by atoms with E-state index in [1.807, 2.05) is 6.08 Å². The van der Waals surface area contributed by atoms with E-state index in [2.05, 4.69) is 15.8 Å². The van der Waals surface area contributed by atoms with Gasteiger partial charge in [0.2, 0.25) is 18.6 Å². The van der Waals surface area contributed by atoms with Crippen LogP contribution in [0.25, 0.3) is 0 Å². The Morgan fingerprint density at radius 3 is 2.21 bits per heavy atom. The van der Waals surface area contributed by atoms with Gasteiger partial charge in [0.25, 0.3) is 0 Å². The van der Waals surface area contributed by atoms with Crippen LogP contribution in [0.2, 0.25) is 0 Å². The van der Waals surface area contributed by atoms with Crippen LogP contribution in [0.3, 0.4) is 0 Å². The first-order chi connectivity index (χ1) is 18.3. The van der Waals surface area contributed by atoms with Crippen molar-refractivity contribution in [3.8, 4) is 11.5 Å². The highest BCUT2D eigenvalue weighted by Gasteiger charge is 2.51. The molecule has 2 unspecified atom stereocenters. The third-order valence-electron chi connectivity index (χ3n) is 9.30. The Kier molecular flexibility index (Phi) is 6.40. The normalized spacial score (nSPS) is 32.8. The number of anilines is 1. The number of ether oxygens (including phenoxy) is 2. The average Bonchev–Trinajstić information content (AvgIpc) is 3.33. The zero-order chi connectivity index (χ0) is 26.4. The number of carbonyl (C=O) groups is 3. The first kappa shape index (κ1) is 24.9. The molecule has 1 aromatic rings. The molecule has 0 aromatic heterocycles. The molecule has 1 aliphatic heterocycles. The highest BCUT2D eigenvalue weighted by molar-refractivity contribution is 6.08. The van der Waals surface area contributed by atoms with Gasteiger partial charge in [-0.05, 0) is 87.5 Å². The van der Waals surface area contributed by atoms with Crippen LogP contribution in [0, 0.1) is 35.0 Å². The molecule has 6 aliphatic rings. The van der Waals surface area contributed by atoms with Crippen LogP contribution < -0.4 is 20.2 Å². The highest BCUT2D eigenvalue weighted by atomic mass is 16.7. The summed E-state index contributed by atoms with van der Waals surface area (Å²) in [6.45, 7) is 1.83. The average molecular weight is 522 g/mol. The molecule has 2 amide bonds. The summed E-state index contributed by atoms with van der Waals surface area (Å²) < 4.78 is 11.0. The number of carboxylic acids is 1. The summed E-state index contributed by atoms with van der Waals surface area (Å²) in [4.78, 5) is 37.9. The molecule has 5 aliphatic carbocycles. The molecule has 0 saturated heterocycles. The van der Waals surface area contributed by atoms with Crippen LogP contribution in [-0.4, -0.2) is 35.4 Å². The maximum absolute atomic E-state index is 13.2. The van der Waals surface area contributed by atoms with Gasteiger partial charge in [-0.3, -0.25) is 14.4 Å². The summed E-state index contributed by atoms with van der Waals surface area (Å²) in [7, 11) is 0. The number of carboxylic acid groups (broad SMARTS) is 1. The third-order valence-corrected chi connectivity index (χ3v) is 9.30. The van der Waals surface area contributed by atoms with Crippen LogP contribution in [0.15, 0.2) is 29.4 Å². The maximum atomic E-state index is 13.2. The van der Waals surface area contributed by atoms with Gasteiger partial charge in [0.1, 0.15) is 0 Å². The van der Waals surface area contributed by atoms with Crippen LogP contribution >= 0.6 is 0 Å². The van der Waals surface area contributed by atoms with Gasteiger partial charge in [0, 0.05) is 18.1 Å². The quantitative estimate of drug-likeness (QED) is 0.276. The van der Waals surface area contributed by atoms with Crippen molar-refractivity contribution in [3.05, 3.63) is 29.8 Å². The molecule has 0 spiro atoms. The molecule has 9 nitrogen and oxygen atoms in total. The summed E-state index contributed by atoms with van der Waals surface area (Å²) in [5.41, 5.74) is 4.42. The van der Waals surface area contributed by atoms with E-state index < -0.39 is 17.8 Å². The molecule has 4 saturated carbocycles. The molecule has 202 valence electrons. The van der Waals surface area contributed by atoms with Gasteiger partial charge in [-0.2, -0.15) is 5.10 Å². The molecular weight excluding hydrogens is 486 g/mol. The Bertz CT molecular complexity index is 1190. The molecule has 7 rings (SSSR count). The number of hydrogen-bond donors (Lipinski definition) is 3. The molecule has 4 bridgehead atoms. The monoisotopic (exact) mass is 521 g/mol. The lowest BCUT2D eigenvalue weighted by molar-refractivity contribution is -0.146. The fourth-order valence-corrected chi connectivity index (χ4v) is 8.04. The number of hydrogen-bond acceptors (Lipinski definition) is 6. The number of fused-ring (bicyclic) bond motifs is 1. The number of aliphatic carboxylic acids is 1. The number of carbonyl (C=O) groups excluding carboxylic acids is 2. The van der Waals surface area contributed by atoms with E-state index in [0.29, 0.717) is 47.7 Å². The van der Waals surface area contributed by atoms with Crippen LogP contribution in [0.5, 0.6) is 11.5 Å². The van der Waals surface area contributed by atoms with E-state index in [0.717, 1.165) is 37.0 Å². The number of nitrogens with zero attached hydrogens (tertiary/aromatic N) is 1. The van der Waals surface area contributed by atoms with Crippen molar-refractivity contribution in [3.63, 3.8) is 0 Å². The molecule has 38 heavy (non-hydrogen) atoms. The Morgan fingerprint density at radius 2 is 1.58 bits per heavy atom. The van der Waals surface area contributed by atoms with E-state index in [1.165, 1.54) is 19.3 Å². The van der Waals surface area contributed by atoms with Gasteiger partial charge in [0.15, 0.2) is 11.5 Å². The van der Waals surface area contributed by atoms with Crippen LogP contribution in [0.1, 0.15) is 70.3 Å². The Hall–Kier alpha value is -3.36. The predicted molar refractivity (Wildman–Crippen MR) is 140 cm³/mol. The molecular formula is C29H35N3O6. The van der Waals surface area contributed by atoms with E-state index in [9.17, 15) is 19.5 Å². The van der Waals surface area contributed by atoms with Crippen molar-refractivity contribution in [1.82, 2.24) is 5.43 Å². The zero-order valence-electron chi connectivity index (χ0n) is 21.7. The number of amides is 2. The van der Waals surface area contributed by atoms with E-state index in [1.54, 1.807) is 25.1 Å². The van der Waals surface area contributed by atoms with E-state index in [4.69, 9.17) is 9.47 Å². The second-order valence-electron chi connectivity index (χ2n) is 12.1. The number of rotatable bonds is 7. The van der Waals surface area contributed by atoms with Crippen molar-refractivity contribution < 1.29 is 29.0 Å². The van der Waals surface area contributed by atoms with Crippen molar-refractivity contribution in [2.75, 3.05) is 12.1 Å². The van der Waals surface area contributed by atoms with Crippen molar-refractivity contribution in [2.24, 2.45) is 40.1 Å². The van der Waals surface area contributed by atoms with E-state index >= 15 is 0 Å². The number of nitrogens with one attached hydrogen (secondary N) is 2. The lowest BCUT2D eigenvalue weighted by atomic mass is 9.49. The van der Waals surface area contributed by atoms with Gasteiger partial charge >= 0.3 is 5.97 Å². The predicted octanol–water partition coefficient (Wildman–Crippen LogP) is 4.47. The second-order valence-corrected chi connectivity index (χ2v) is 12.1. The number of hydrazone groups is 1. The topological polar surface area (TPSA) is 126 Å². The van der Waals surface area contributed by atoms with Gasteiger partial charge in [-0.1, -0.05) is 12.2 Å². The standard InChI is InChI=1S/C29H35N3O6/c1-16(31-32-26(33)14-29-11-17-6-18(12-29)8-19(7-17)13-29)22-9-24-25(38-15-37-24)10-23(22)30-27(34)20-4-2-3-5-21(20)28(35)36/h2-3,9-10,17-21H,4-8,11-15H2,1H3,(H,30,34)(H,32,33)(H,35,36)/b31-16+. The molecule has 3 N–H and O–H groups in total. The van der Waals surface area contributed by atoms with E-state index in [-0.39, 0.29) is 24.0 Å². The first-order valence-electron chi connectivity index (χ1n) is 13.7. The minimum absolute atomic E-state index is 0.0681. The molecule has 1 aromatic carbocycles. The lowest BCUT2D eigenvalue weighted by Gasteiger charge is -2.56. The molecule has 9 heteroatoms. The summed E-state index contributed by atoms with van der Waals surface area (Å²) in [5, 5.41) is 16.9. The lowest BCUT2D eigenvalue weighted by Crippen LogP contribution is -2.47. The minimum atomic E-state index is -0.986. The summed E-state index contributed by atoms with van der Waals surface area (Å²) in [6, 6.07) is 3.40. The van der Waals surface area contributed by atoms with Crippen molar-refractivity contribution >= 4 is 29.2 Å². The van der Waals surface area contributed by atoms with Gasteiger partial charge in [-0.15, -0.1) is 0 Å². The SMILES string of the molecule is C/C(=N\NC(=O)CC12CC3CC(CC(C3)C1)C2)c1cc2c(cc1NC(=O)C1CC=CCC1C(=O)O)OCO2. The fourth-order valence-electron chi connectivity index (χ4n) is 8.04. The molecule has 4 fully saturated rings. The maximum Gasteiger partial charge on any atom is 0.307 e. The third kappa shape index (κ3) is 4.78. The van der Waals surface area contributed by atoms with Gasteiger partial charge in [0.05, 0.1) is 23.2 Å². The summed E-state index contributed by atoms with van der Waals surface area (Å²) >= 11 is 0. The minimum Gasteiger partial charge on any atom is -0.481 e. The molecule has 2 atom stereocenters. The smallest absolute Gasteiger partial charge is 0.307 e. The Labute approximate surface area is 222 Å². The molecule has 0 radical (unpaired) electrons. The molecule has 1 heterocycles. The summed E-state index contributed by atoms with van der Waals surface area (Å²) in [5.74, 6) is 0.441. The van der Waals surface area contributed by atoms with Crippen LogP contribution in [-0.2, 0) is 14.4 Å². The first-order valence-corrected chi connectivity index (χ1v) is 13.7. The summed E-state index contributed by atoms with van der Waals surface area (Å²) in [6.07, 6.45) is 12.3. The van der Waals surface area contributed by atoms with Crippen LogP contribution in [0.4, 0.5) is 5.69 Å². The fraction of sp³-hybridized carbons (Fsp3) is 0.586. The number of allylic oxidation sites excluding steroid dienone is 2. The largest absolute Gasteiger partial charge is 0.481 e. The zero-order valence-corrected chi connectivity index (χ0v) is 21.7. The second kappa shape index (κ2) is 9.75.